The van der Waals surface area contributed by atoms with Crippen LogP contribution in [0.25, 0.3) is 0 Å². The van der Waals surface area contributed by atoms with Gasteiger partial charge in [0.25, 0.3) is 0 Å². The Morgan fingerprint density at radius 3 is 2.96 bits per heavy atom. The summed E-state index contributed by atoms with van der Waals surface area (Å²) in [6.07, 6.45) is 7.35. The lowest BCUT2D eigenvalue weighted by atomic mass is 9.82. The lowest BCUT2D eigenvalue weighted by Crippen LogP contribution is -2.49. The molecule has 1 aliphatic carbocycles. The number of aromatic nitrogens is 2. The highest BCUT2D eigenvalue weighted by Crippen LogP contribution is 2.30. The van der Waals surface area contributed by atoms with Gasteiger partial charge < -0.3 is 19.7 Å². The number of anilines is 1. The van der Waals surface area contributed by atoms with Gasteiger partial charge in [0, 0.05) is 31.8 Å². The van der Waals surface area contributed by atoms with Crippen LogP contribution in [0.4, 0.5) is 5.82 Å². The summed E-state index contributed by atoms with van der Waals surface area (Å²) in [6, 6.07) is 1.95. The van der Waals surface area contributed by atoms with Crippen molar-refractivity contribution >= 4 is 23.5 Å². The number of morpholine rings is 1. The molecule has 3 rings (SSSR count). The standard InChI is InChI=1S/C19H30N4O3S/c1-3-10-26-16-5-4-14(18(24)23-8-11-25-12-9-23)13-15(16)21-17-6-7-20-19(22-17)27-2/h6-7,14-16H,3-5,8-13H2,1-2H3,(H,20,21,22)/t14-,15+,16+/m0/s1. The van der Waals surface area contributed by atoms with Gasteiger partial charge in [0.2, 0.25) is 5.91 Å². The van der Waals surface area contributed by atoms with E-state index in [1.54, 1.807) is 6.20 Å². The molecule has 2 heterocycles. The summed E-state index contributed by atoms with van der Waals surface area (Å²) in [7, 11) is 0. The summed E-state index contributed by atoms with van der Waals surface area (Å²) in [6.45, 7) is 5.54. The van der Waals surface area contributed by atoms with Crippen molar-refractivity contribution in [2.45, 2.75) is 49.9 Å². The van der Waals surface area contributed by atoms with E-state index in [0.29, 0.717) is 26.3 Å². The first-order chi connectivity index (χ1) is 13.2. The number of carbonyl (C=O) groups excluding carboxylic acids is 1. The number of ether oxygens (including phenoxy) is 2. The minimum Gasteiger partial charge on any atom is -0.378 e. The van der Waals surface area contributed by atoms with Gasteiger partial charge in [0.05, 0.1) is 25.4 Å². The molecule has 0 unspecified atom stereocenters. The number of carbonyl (C=O) groups is 1. The van der Waals surface area contributed by atoms with E-state index in [2.05, 4.69) is 22.2 Å². The van der Waals surface area contributed by atoms with Crippen LogP contribution in [-0.4, -0.2) is 72.1 Å². The molecule has 1 amide bonds. The molecular formula is C19H30N4O3S. The van der Waals surface area contributed by atoms with Gasteiger partial charge in [0.15, 0.2) is 5.16 Å². The zero-order chi connectivity index (χ0) is 19.1. The minimum absolute atomic E-state index is 0.0314. The van der Waals surface area contributed by atoms with Crippen molar-refractivity contribution in [3.05, 3.63) is 12.3 Å². The molecule has 1 saturated heterocycles. The molecule has 1 aromatic rings. The summed E-state index contributed by atoms with van der Waals surface area (Å²) in [4.78, 5) is 23.7. The average Bonchev–Trinajstić information content (AvgIpc) is 2.73. The maximum Gasteiger partial charge on any atom is 0.225 e. The van der Waals surface area contributed by atoms with Gasteiger partial charge in [0.1, 0.15) is 5.82 Å². The van der Waals surface area contributed by atoms with Gasteiger partial charge >= 0.3 is 0 Å². The number of amides is 1. The fraction of sp³-hybridized carbons (Fsp3) is 0.737. The molecule has 2 aliphatic rings. The molecule has 27 heavy (non-hydrogen) atoms. The van der Waals surface area contributed by atoms with Crippen molar-refractivity contribution in [3.8, 4) is 0 Å². The van der Waals surface area contributed by atoms with Gasteiger partial charge in [-0.25, -0.2) is 9.97 Å². The number of rotatable bonds is 7. The predicted molar refractivity (Wildman–Crippen MR) is 106 cm³/mol. The van der Waals surface area contributed by atoms with E-state index in [9.17, 15) is 4.79 Å². The van der Waals surface area contributed by atoms with Crippen LogP contribution >= 0.6 is 11.8 Å². The molecule has 0 aromatic carbocycles. The Bertz CT molecular complexity index is 612. The van der Waals surface area contributed by atoms with E-state index in [-0.39, 0.29) is 24.0 Å². The molecule has 1 N–H and O–H groups in total. The normalized spacial score (nSPS) is 26.0. The summed E-state index contributed by atoms with van der Waals surface area (Å²) >= 11 is 1.52. The number of hydrogen-bond donors (Lipinski definition) is 1. The van der Waals surface area contributed by atoms with Crippen molar-refractivity contribution < 1.29 is 14.3 Å². The molecule has 7 nitrogen and oxygen atoms in total. The lowest BCUT2D eigenvalue weighted by molar-refractivity contribution is -0.141. The third-order valence-corrected chi connectivity index (χ3v) is 5.71. The SMILES string of the molecule is CCCO[C@@H]1CC[C@H](C(=O)N2CCOCC2)C[C@H]1Nc1ccnc(SC)n1. The van der Waals surface area contributed by atoms with E-state index >= 15 is 0 Å². The average molecular weight is 395 g/mol. The van der Waals surface area contributed by atoms with Crippen LogP contribution in [0.15, 0.2) is 17.4 Å². The molecule has 1 aliphatic heterocycles. The van der Waals surface area contributed by atoms with E-state index in [0.717, 1.165) is 43.3 Å². The summed E-state index contributed by atoms with van der Waals surface area (Å²) in [5.74, 6) is 1.08. The topological polar surface area (TPSA) is 76.6 Å². The van der Waals surface area contributed by atoms with E-state index in [4.69, 9.17) is 9.47 Å². The Hall–Kier alpha value is -1.38. The highest BCUT2D eigenvalue weighted by Gasteiger charge is 2.36. The van der Waals surface area contributed by atoms with E-state index in [1.807, 2.05) is 17.2 Å². The number of thioether (sulfide) groups is 1. The maximum atomic E-state index is 12.9. The summed E-state index contributed by atoms with van der Waals surface area (Å²) in [5, 5.41) is 4.26. The molecule has 8 heteroatoms. The molecular weight excluding hydrogens is 364 g/mol. The van der Waals surface area contributed by atoms with Crippen molar-refractivity contribution in [1.29, 1.82) is 0 Å². The molecule has 3 atom stereocenters. The molecule has 0 bridgehead atoms. The second kappa shape index (κ2) is 10.2. The lowest BCUT2D eigenvalue weighted by Gasteiger charge is -2.38. The minimum atomic E-state index is 0.0314. The van der Waals surface area contributed by atoms with Crippen LogP contribution < -0.4 is 5.32 Å². The second-order valence-electron chi connectivity index (χ2n) is 7.04. The van der Waals surface area contributed by atoms with Gasteiger partial charge in [-0.2, -0.15) is 0 Å². The Morgan fingerprint density at radius 1 is 1.41 bits per heavy atom. The molecule has 1 saturated carbocycles. The van der Waals surface area contributed by atoms with Crippen molar-refractivity contribution in [3.63, 3.8) is 0 Å². The van der Waals surface area contributed by atoms with Crippen LogP contribution in [0.3, 0.4) is 0 Å². The van der Waals surface area contributed by atoms with Crippen LogP contribution in [0.2, 0.25) is 0 Å². The smallest absolute Gasteiger partial charge is 0.225 e. The zero-order valence-corrected chi connectivity index (χ0v) is 17.0. The van der Waals surface area contributed by atoms with E-state index in [1.165, 1.54) is 11.8 Å². The van der Waals surface area contributed by atoms with Crippen LogP contribution in [0.1, 0.15) is 32.6 Å². The Balaban J connectivity index is 1.68. The third kappa shape index (κ3) is 5.56. The predicted octanol–water partition coefficient (Wildman–Crippen LogP) is 2.43. The van der Waals surface area contributed by atoms with Crippen molar-refractivity contribution in [1.82, 2.24) is 14.9 Å². The fourth-order valence-corrected chi connectivity index (χ4v) is 4.10. The summed E-state index contributed by atoms with van der Waals surface area (Å²) in [5.41, 5.74) is 0. The number of nitrogens with one attached hydrogen (secondary N) is 1. The first-order valence-corrected chi connectivity index (χ1v) is 11.1. The van der Waals surface area contributed by atoms with Crippen molar-refractivity contribution in [2.24, 2.45) is 5.92 Å². The molecule has 2 fully saturated rings. The quantitative estimate of drug-likeness (QED) is 0.562. The molecule has 1 aromatic heterocycles. The first-order valence-electron chi connectivity index (χ1n) is 9.83. The van der Waals surface area contributed by atoms with E-state index < -0.39 is 0 Å². The largest absolute Gasteiger partial charge is 0.378 e. The monoisotopic (exact) mass is 394 g/mol. The second-order valence-corrected chi connectivity index (χ2v) is 7.81. The zero-order valence-electron chi connectivity index (χ0n) is 16.2. The summed E-state index contributed by atoms with van der Waals surface area (Å²) < 4.78 is 11.5. The highest BCUT2D eigenvalue weighted by atomic mass is 32.2. The third-order valence-electron chi connectivity index (χ3n) is 5.14. The molecule has 0 radical (unpaired) electrons. The number of nitrogens with zero attached hydrogens (tertiary/aromatic N) is 3. The fourth-order valence-electron chi connectivity index (χ4n) is 3.74. The molecule has 150 valence electrons. The maximum absolute atomic E-state index is 12.9. The van der Waals surface area contributed by atoms with Gasteiger partial charge in [-0.15, -0.1) is 0 Å². The van der Waals surface area contributed by atoms with Gasteiger partial charge in [-0.3, -0.25) is 4.79 Å². The first kappa shape index (κ1) is 20.4. The van der Waals surface area contributed by atoms with Crippen molar-refractivity contribution in [2.75, 3.05) is 44.5 Å². The Morgan fingerprint density at radius 2 is 2.22 bits per heavy atom. The van der Waals surface area contributed by atoms with Crippen LogP contribution in [0.5, 0.6) is 0 Å². The highest BCUT2D eigenvalue weighted by molar-refractivity contribution is 7.98. The molecule has 0 spiro atoms. The Labute approximate surface area is 165 Å². The van der Waals surface area contributed by atoms with Gasteiger partial charge in [-0.05, 0) is 38.0 Å². The van der Waals surface area contributed by atoms with Gasteiger partial charge in [-0.1, -0.05) is 18.7 Å². The van der Waals surface area contributed by atoms with Crippen LogP contribution in [0, 0.1) is 5.92 Å². The Kier molecular flexibility index (Phi) is 7.72. The van der Waals surface area contributed by atoms with Crippen LogP contribution in [-0.2, 0) is 14.3 Å². The number of hydrogen-bond acceptors (Lipinski definition) is 7.